The molecule has 0 saturated carbocycles. The van der Waals surface area contributed by atoms with Crippen LogP contribution >= 0.6 is 0 Å². The largest absolute Gasteiger partial charge is 0.399 e. The molecule has 6 nitrogen and oxygen atoms in total. The molecule has 0 aliphatic rings. The van der Waals surface area contributed by atoms with Crippen LogP contribution in [0.5, 0.6) is 0 Å². The van der Waals surface area contributed by atoms with Crippen molar-refractivity contribution in [2.24, 2.45) is 5.73 Å². The molecule has 1 aromatic heterocycles. The molecule has 0 fully saturated rings. The van der Waals surface area contributed by atoms with Gasteiger partial charge in [-0.15, -0.1) is 0 Å². The van der Waals surface area contributed by atoms with Crippen molar-refractivity contribution in [3.8, 4) is 0 Å². The molecule has 6 heteroatoms. The van der Waals surface area contributed by atoms with E-state index in [1.807, 2.05) is 31.2 Å². The van der Waals surface area contributed by atoms with E-state index in [-0.39, 0.29) is 6.04 Å². The van der Waals surface area contributed by atoms with Crippen molar-refractivity contribution in [2.45, 2.75) is 32.7 Å². The van der Waals surface area contributed by atoms with Gasteiger partial charge in [0.1, 0.15) is 5.82 Å². The van der Waals surface area contributed by atoms with Crippen LogP contribution < -0.4 is 22.1 Å². The Hall–Kier alpha value is -2.34. The quantitative estimate of drug-likeness (QED) is 0.463. The molecule has 6 N–H and O–H groups in total. The van der Waals surface area contributed by atoms with Crippen LogP contribution in [0.25, 0.3) is 0 Å². The smallest absolute Gasteiger partial charge is 0.224 e. The number of unbranched alkanes of at least 4 members (excludes halogenated alkanes) is 1. The number of anilines is 4. The van der Waals surface area contributed by atoms with Crippen LogP contribution in [0.1, 0.15) is 38.3 Å². The molecule has 0 aliphatic heterocycles. The summed E-state index contributed by atoms with van der Waals surface area (Å²) in [6.07, 6.45) is 3.98. The predicted octanol–water partition coefficient (Wildman–Crippen LogP) is 3.03. The van der Waals surface area contributed by atoms with Crippen LogP contribution in [0.4, 0.5) is 23.1 Å². The maximum Gasteiger partial charge on any atom is 0.224 e. The van der Waals surface area contributed by atoms with Crippen LogP contribution in [0.15, 0.2) is 30.5 Å². The molecular weight excluding hydrogens is 276 g/mol. The fraction of sp³-hybridized carbons (Fsp3) is 0.375. The first-order valence-electron chi connectivity index (χ1n) is 7.59. The van der Waals surface area contributed by atoms with Gasteiger partial charge in [0.25, 0.3) is 0 Å². The molecule has 1 heterocycles. The minimum Gasteiger partial charge on any atom is -0.399 e. The Balaban J connectivity index is 2.21. The van der Waals surface area contributed by atoms with E-state index in [0.29, 0.717) is 11.8 Å². The molecule has 0 radical (unpaired) electrons. The number of nitrogens with two attached hydrogens (primary N) is 2. The van der Waals surface area contributed by atoms with Crippen LogP contribution in [0.3, 0.4) is 0 Å². The van der Waals surface area contributed by atoms with Crippen molar-refractivity contribution in [2.75, 3.05) is 22.9 Å². The molecule has 118 valence electrons. The Kier molecular flexibility index (Phi) is 5.55. The third kappa shape index (κ3) is 4.33. The number of nitrogens with zero attached hydrogens (tertiary/aromatic N) is 2. The van der Waals surface area contributed by atoms with Gasteiger partial charge in [0.05, 0.1) is 0 Å². The normalized spacial score (nSPS) is 12.0. The Morgan fingerprint density at radius 1 is 1.23 bits per heavy atom. The average Bonchev–Trinajstić information content (AvgIpc) is 2.50. The van der Waals surface area contributed by atoms with Gasteiger partial charge in [-0.3, -0.25) is 0 Å². The topological polar surface area (TPSA) is 102 Å². The molecule has 0 aliphatic carbocycles. The van der Waals surface area contributed by atoms with Crippen molar-refractivity contribution in [3.05, 3.63) is 36.0 Å². The molecule has 1 aromatic carbocycles. The Bertz CT molecular complexity index is 594. The average molecular weight is 300 g/mol. The maximum absolute atomic E-state index is 6.00. The molecule has 0 saturated heterocycles. The van der Waals surface area contributed by atoms with E-state index in [9.17, 15) is 0 Å². The summed E-state index contributed by atoms with van der Waals surface area (Å²) in [5, 5.41) is 6.51. The molecule has 22 heavy (non-hydrogen) atoms. The first-order valence-corrected chi connectivity index (χ1v) is 7.59. The summed E-state index contributed by atoms with van der Waals surface area (Å²) in [4.78, 5) is 8.86. The van der Waals surface area contributed by atoms with E-state index in [1.54, 1.807) is 6.20 Å². The van der Waals surface area contributed by atoms with Crippen molar-refractivity contribution in [1.82, 2.24) is 9.97 Å². The number of aromatic nitrogens is 2. The van der Waals surface area contributed by atoms with Gasteiger partial charge in [-0.25, -0.2) is 4.98 Å². The molecule has 0 amide bonds. The van der Waals surface area contributed by atoms with E-state index in [4.69, 9.17) is 11.5 Å². The van der Waals surface area contributed by atoms with Gasteiger partial charge >= 0.3 is 0 Å². The molecule has 0 spiro atoms. The summed E-state index contributed by atoms with van der Waals surface area (Å²) >= 11 is 0. The van der Waals surface area contributed by atoms with Gasteiger partial charge in [-0.05, 0) is 37.6 Å². The summed E-state index contributed by atoms with van der Waals surface area (Å²) in [6, 6.07) is 7.35. The molecule has 2 rings (SSSR count). The Labute approximate surface area is 131 Å². The first kappa shape index (κ1) is 16.0. The molecular formula is C16H24N6. The van der Waals surface area contributed by atoms with Crippen molar-refractivity contribution < 1.29 is 0 Å². The SMILES string of the molecule is CCCCNc1ncc(C(C)N)c(Nc2ccc(N)cc2)n1. The van der Waals surface area contributed by atoms with Crippen molar-refractivity contribution in [3.63, 3.8) is 0 Å². The summed E-state index contributed by atoms with van der Waals surface area (Å²) in [5.74, 6) is 1.32. The highest BCUT2D eigenvalue weighted by molar-refractivity contribution is 5.62. The zero-order chi connectivity index (χ0) is 15.9. The maximum atomic E-state index is 6.00. The van der Waals surface area contributed by atoms with Crippen molar-refractivity contribution >= 4 is 23.1 Å². The minimum atomic E-state index is -0.152. The number of hydrogen-bond donors (Lipinski definition) is 4. The van der Waals surface area contributed by atoms with E-state index >= 15 is 0 Å². The van der Waals surface area contributed by atoms with Gasteiger partial charge in [0, 0.05) is 35.7 Å². The summed E-state index contributed by atoms with van der Waals surface area (Å²) in [7, 11) is 0. The second-order valence-corrected chi connectivity index (χ2v) is 5.31. The molecule has 0 bridgehead atoms. The third-order valence-corrected chi connectivity index (χ3v) is 3.29. The van der Waals surface area contributed by atoms with Gasteiger partial charge in [-0.2, -0.15) is 4.98 Å². The Morgan fingerprint density at radius 2 is 1.95 bits per heavy atom. The van der Waals surface area contributed by atoms with E-state index in [0.717, 1.165) is 36.3 Å². The summed E-state index contributed by atoms with van der Waals surface area (Å²) in [6.45, 7) is 4.92. The second-order valence-electron chi connectivity index (χ2n) is 5.31. The zero-order valence-corrected chi connectivity index (χ0v) is 13.1. The highest BCUT2D eigenvalue weighted by Crippen LogP contribution is 2.24. The summed E-state index contributed by atoms with van der Waals surface area (Å²) < 4.78 is 0. The minimum absolute atomic E-state index is 0.152. The number of nitrogens with one attached hydrogen (secondary N) is 2. The van der Waals surface area contributed by atoms with Crippen molar-refractivity contribution in [1.29, 1.82) is 0 Å². The number of benzene rings is 1. The van der Waals surface area contributed by atoms with Gasteiger partial charge < -0.3 is 22.1 Å². The highest BCUT2D eigenvalue weighted by Gasteiger charge is 2.11. The van der Waals surface area contributed by atoms with Gasteiger partial charge in [0.15, 0.2) is 0 Å². The standard InChI is InChI=1S/C16H24N6/c1-3-4-9-19-16-20-10-14(11(2)17)15(22-16)21-13-7-5-12(18)6-8-13/h5-8,10-11H,3-4,9,17-18H2,1-2H3,(H2,19,20,21,22). The fourth-order valence-corrected chi connectivity index (χ4v) is 1.99. The van der Waals surface area contributed by atoms with E-state index < -0.39 is 0 Å². The van der Waals surface area contributed by atoms with E-state index in [2.05, 4.69) is 27.5 Å². The van der Waals surface area contributed by atoms with Crippen LogP contribution in [-0.2, 0) is 0 Å². The predicted molar refractivity (Wildman–Crippen MR) is 92.2 cm³/mol. The Morgan fingerprint density at radius 3 is 2.59 bits per heavy atom. The van der Waals surface area contributed by atoms with Gasteiger partial charge in [-0.1, -0.05) is 13.3 Å². The van der Waals surface area contributed by atoms with Crippen LogP contribution in [0.2, 0.25) is 0 Å². The van der Waals surface area contributed by atoms with E-state index in [1.165, 1.54) is 0 Å². The monoisotopic (exact) mass is 300 g/mol. The molecule has 1 unspecified atom stereocenters. The first-order chi connectivity index (χ1) is 10.6. The zero-order valence-electron chi connectivity index (χ0n) is 13.1. The lowest BCUT2D eigenvalue weighted by atomic mass is 10.1. The number of hydrogen-bond acceptors (Lipinski definition) is 6. The second kappa shape index (κ2) is 7.61. The molecule has 1 atom stereocenters. The van der Waals surface area contributed by atoms with Crippen LogP contribution in [-0.4, -0.2) is 16.5 Å². The third-order valence-electron chi connectivity index (χ3n) is 3.29. The highest BCUT2D eigenvalue weighted by atomic mass is 15.1. The lowest BCUT2D eigenvalue weighted by molar-refractivity contribution is 0.800. The lowest BCUT2D eigenvalue weighted by Gasteiger charge is -2.15. The number of rotatable bonds is 7. The summed E-state index contributed by atoms with van der Waals surface area (Å²) in [5.41, 5.74) is 14.2. The number of nitrogen functional groups attached to an aromatic ring is 1. The fourth-order valence-electron chi connectivity index (χ4n) is 1.99. The molecule has 2 aromatic rings. The van der Waals surface area contributed by atoms with Gasteiger partial charge in [0.2, 0.25) is 5.95 Å². The van der Waals surface area contributed by atoms with Crippen LogP contribution in [0, 0.1) is 0 Å². The lowest BCUT2D eigenvalue weighted by Crippen LogP contribution is -2.13.